The standard InChI is InChI=1S/C12H24N2O4S/c1-9(8-10(2)15)13-12(16)11-4-6-14(7-5-11)19(3,17)18/h9-11,15H,4-8H2,1-3H3,(H,13,16). The summed E-state index contributed by atoms with van der Waals surface area (Å²) >= 11 is 0. The first kappa shape index (κ1) is 16.4. The number of carbonyl (C=O) groups excluding carboxylic acids is 1. The lowest BCUT2D eigenvalue weighted by Crippen LogP contribution is -2.45. The smallest absolute Gasteiger partial charge is 0.223 e. The van der Waals surface area contributed by atoms with Gasteiger partial charge in [-0.1, -0.05) is 0 Å². The van der Waals surface area contributed by atoms with Gasteiger partial charge in [-0.2, -0.15) is 0 Å². The van der Waals surface area contributed by atoms with Gasteiger partial charge in [0.2, 0.25) is 15.9 Å². The molecule has 0 aromatic rings. The van der Waals surface area contributed by atoms with Gasteiger partial charge in [0.15, 0.2) is 0 Å². The molecule has 7 heteroatoms. The average molecular weight is 292 g/mol. The Morgan fingerprint density at radius 1 is 1.37 bits per heavy atom. The second-order valence-electron chi connectivity index (χ2n) is 5.43. The molecule has 1 fully saturated rings. The number of nitrogens with zero attached hydrogens (tertiary/aromatic N) is 1. The Balaban J connectivity index is 2.41. The molecule has 0 aromatic carbocycles. The van der Waals surface area contributed by atoms with Crippen LogP contribution in [-0.4, -0.2) is 55.2 Å². The van der Waals surface area contributed by atoms with Crippen molar-refractivity contribution in [3.8, 4) is 0 Å². The number of amides is 1. The largest absolute Gasteiger partial charge is 0.393 e. The van der Waals surface area contributed by atoms with Crippen LogP contribution < -0.4 is 5.32 Å². The van der Waals surface area contributed by atoms with E-state index in [4.69, 9.17) is 0 Å². The minimum absolute atomic E-state index is 0.0405. The Morgan fingerprint density at radius 2 is 1.89 bits per heavy atom. The summed E-state index contributed by atoms with van der Waals surface area (Å²) in [5, 5.41) is 12.1. The number of hydrogen-bond acceptors (Lipinski definition) is 4. The Labute approximate surface area is 115 Å². The third-order valence-corrected chi connectivity index (χ3v) is 4.68. The number of hydrogen-bond donors (Lipinski definition) is 2. The zero-order valence-electron chi connectivity index (χ0n) is 11.8. The van der Waals surface area contributed by atoms with Crippen molar-refractivity contribution in [3.63, 3.8) is 0 Å². The average Bonchev–Trinajstić information content (AvgIpc) is 2.26. The van der Waals surface area contributed by atoms with Crippen molar-refractivity contribution in [2.45, 2.75) is 45.3 Å². The van der Waals surface area contributed by atoms with Gasteiger partial charge < -0.3 is 10.4 Å². The summed E-state index contributed by atoms with van der Waals surface area (Å²) in [4.78, 5) is 12.0. The van der Waals surface area contributed by atoms with E-state index in [0.29, 0.717) is 32.4 Å². The van der Waals surface area contributed by atoms with Crippen LogP contribution in [0, 0.1) is 5.92 Å². The Hall–Kier alpha value is -0.660. The van der Waals surface area contributed by atoms with E-state index in [1.165, 1.54) is 10.6 Å². The van der Waals surface area contributed by atoms with E-state index in [-0.39, 0.29) is 17.9 Å². The molecule has 0 radical (unpaired) electrons. The van der Waals surface area contributed by atoms with Crippen molar-refractivity contribution >= 4 is 15.9 Å². The van der Waals surface area contributed by atoms with Gasteiger partial charge in [-0.05, 0) is 33.1 Å². The minimum atomic E-state index is -3.15. The highest BCUT2D eigenvalue weighted by Crippen LogP contribution is 2.19. The molecule has 2 unspecified atom stereocenters. The molecule has 19 heavy (non-hydrogen) atoms. The Morgan fingerprint density at radius 3 is 2.32 bits per heavy atom. The quantitative estimate of drug-likeness (QED) is 0.743. The molecule has 1 heterocycles. The maximum absolute atomic E-state index is 12.0. The molecule has 0 aliphatic carbocycles. The Bertz CT molecular complexity index is 400. The second-order valence-corrected chi connectivity index (χ2v) is 7.41. The van der Waals surface area contributed by atoms with E-state index in [2.05, 4.69) is 5.32 Å². The van der Waals surface area contributed by atoms with Crippen molar-refractivity contribution in [1.82, 2.24) is 9.62 Å². The predicted molar refractivity (Wildman–Crippen MR) is 73.0 cm³/mol. The summed E-state index contributed by atoms with van der Waals surface area (Å²) in [5.74, 6) is -0.171. The van der Waals surface area contributed by atoms with Crippen molar-refractivity contribution in [2.75, 3.05) is 19.3 Å². The fraction of sp³-hybridized carbons (Fsp3) is 0.917. The zero-order chi connectivity index (χ0) is 14.6. The first-order chi connectivity index (χ1) is 8.70. The monoisotopic (exact) mass is 292 g/mol. The molecule has 1 amide bonds. The lowest BCUT2D eigenvalue weighted by atomic mass is 9.96. The fourth-order valence-corrected chi connectivity index (χ4v) is 3.26. The number of nitrogens with one attached hydrogen (secondary N) is 1. The topological polar surface area (TPSA) is 86.7 Å². The summed E-state index contributed by atoms with van der Waals surface area (Å²) in [6.45, 7) is 4.35. The molecule has 6 nitrogen and oxygen atoms in total. The molecule has 1 rings (SSSR count). The van der Waals surface area contributed by atoms with Crippen LogP contribution in [0.25, 0.3) is 0 Å². The molecule has 2 atom stereocenters. The number of piperidine rings is 1. The van der Waals surface area contributed by atoms with E-state index in [1.54, 1.807) is 6.92 Å². The SMILES string of the molecule is CC(O)CC(C)NC(=O)C1CCN(S(C)(=O)=O)CC1. The molecule has 0 bridgehead atoms. The van der Waals surface area contributed by atoms with Gasteiger partial charge in [-0.25, -0.2) is 12.7 Å². The van der Waals surface area contributed by atoms with E-state index >= 15 is 0 Å². The fourth-order valence-electron chi connectivity index (χ4n) is 2.38. The van der Waals surface area contributed by atoms with Gasteiger partial charge in [-0.3, -0.25) is 4.79 Å². The molecular formula is C12H24N2O4S. The maximum atomic E-state index is 12.0. The lowest BCUT2D eigenvalue weighted by Gasteiger charge is -2.30. The first-order valence-electron chi connectivity index (χ1n) is 6.63. The molecule has 2 N–H and O–H groups in total. The van der Waals surface area contributed by atoms with Crippen LogP contribution in [0.3, 0.4) is 0 Å². The van der Waals surface area contributed by atoms with Gasteiger partial charge in [-0.15, -0.1) is 0 Å². The number of sulfonamides is 1. The van der Waals surface area contributed by atoms with E-state index in [0.717, 1.165) is 0 Å². The van der Waals surface area contributed by atoms with Crippen molar-refractivity contribution in [1.29, 1.82) is 0 Å². The van der Waals surface area contributed by atoms with Gasteiger partial charge in [0, 0.05) is 25.0 Å². The van der Waals surface area contributed by atoms with Crippen LogP contribution in [-0.2, 0) is 14.8 Å². The van der Waals surface area contributed by atoms with E-state index in [1.807, 2.05) is 6.92 Å². The summed E-state index contributed by atoms with van der Waals surface area (Å²) in [5.41, 5.74) is 0. The summed E-state index contributed by atoms with van der Waals surface area (Å²) in [6.07, 6.45) is 2.38. The summed E-state index contributed by atoms with van der Waals surface area (Å²) in [6, 6.07) is -0.0690. The van der Waals surface area contributed by atoms with Crippen LogP contribution in [0.5, 0.6) is 0 Å². The van der Waals surface area contributed by atoms with Gasteiger partial charge in [0.05, 0.1) is 12.4 Å². The van der Waals surface area contributed by atoms with Crippen LogP contribution in [0.15, 0.2) is 0 Å². The van der Waals surface area contributed by atoms with Crippen LogP contribution in [0.1, 0.15) is 33.1 Å². The minimum Gasteiger partial charge on any atom is -0.393 e. The van der Waals surface area contributed by atoms with Gasteiger partial charge in [0.25, 0.3) is 0 Å². The highest BCUT2D eigenvalue weighted by molar-refractivity contribution is 7.88. The second kappa shape index (κ2) is 6.67. The molecule has 0 spiro atoms. The van der Waals surface area contributed by atoms with E-state index in [9.17, 15) is 18.3 Å². The van der Waals surface area contributed by atoms with Crippen LogP contribution >= 0.6 is 0 Å². The normalized spacial score (nSPS) is 21.9. The lowest BCUT2D eigenvalue weighted by molar-refractivity contribution is -0.126. The van der Waals surface area contributed by atoms with Crippen LogP contribution in [0.4, 0.5) is 0 Å². The molecular weight excluding hydrogens is 268 g/mol. The van der Waals surface area contributed by atoms with Crippen molar-refractivity contribution in [2.24, 2.45) is 5.92 Å². The molecule has 1 aliphatic rings. The van der Waals surface area contributed by atoms with Crippen LogP contribution in [0.2, 0.25) is 0 Å². The highest BCUT2D eigenvalue weighted by Gasteiger charge is 2.29. The van der Waals surface area contributed by atoms with Crippen molar-refractivity contribution in [3.05, 3.63) is 0 Å². The number of aliphatic hydroxyl groups is 1. The molecule has 1 aliphatic heterocycles. The maximum Gasteiger partial charge on any atom is 0.223 e. The van der Waals surface area contributed by atoms with E-state index < -0.39 is 16.1 Å². The number of carbonyl (C=O) groups is 1. The summed E-state index contributed by atoms with van der Waals surface area (Å²) < 4.78 is 24.1. The number of rotatable bonds is 5. The molecule has 112 valence electrons. The van der Waals surface area contributed by atoms with Gasteiger partial charge >= 0.3 is 0 Å². The Kier molecular flexibility index (Phi) is 5.76. The third-order valence-electron chi connectivity index (χ3n) is 3.38. The molecule has 0 saturated carbocycles. The molecule has 1 saturated heterocycles. The zero-order valence-corrected chi connectivity index (χ0v) is 12.6. The highest BCUT2D eigenvalue weighted by atomic mass is 32.2. The van der Waals surface area contributed by atoms with Crippen molar-refractivity contribution < 1.29 is 18.3 Å². The third kappa shape index (κ3) is 5.46. The first-order valence-corrected chi connectivity index (χ1v) is 8.48. The predicted octanol–water partition coefficient (Wildman–Crippen LogP) is -0.0664. The number of aliphatic hydroxyl groups excluding tert-OH is 1. The van der Waals surface area contributed by atoms with Gasteiger partial charge in [0.1, 0.15) is 0 Å². The molecule has 0 aromatic heterocycles. The summed E-state index contributed by atoms with van der Waals surface area (Å²) in [7, 11) is -3.15.